The van der Waals surface area contributed by atoms with Crippen LogP contribution in [0.1, 0.15) is 12.8 Å². The van der Waals surface area contributed by atoms with Crippen LogP contribution >= 0.6 is 0 Å². The van der Waals surface area contributed by atoms with E-state index in [2.05, 4.69) is 54.0 Å². The number of pyridine rings is 1. The lowest BCUT2D eigenvalue weighted by Crippen LogP contribution is -2.45. The Kier molecular flexibility index (Phi) is 5.12. The molecule has 5 rings (SSSR count). The molecule has 154 valence electrons. The Bertz CT molecular complexity index is 1030. The number of piperidine rings is 1. The van der Waals surface area contributed by atoms with Gasteiger partial charge in [-0.05, 0) is 51.2 Å². The number of hydrazine groups is 1. The minimum absolute atomic E-state index is 0.524. The lowest BCUT2D eigenvalue weighted by Gasteiger charge is -2.34. The van der Waals surface area contributed by atoms with Crippen molar-refractivity contribution in [2.75, 3.05) is 32.0 Å². The molecule has 9 nitrogen and oxygen atoms in total. The van der Waals surface area contributed by atoms with Gasteiger partial charge < -0.3 is 19.7 Å². The topological polar surface area (TPSA) is 95.2 Å². The number of nitrogens with one attached hydrogen (secondary N) is 2. The molecular formula is C21H24N8O. The molecule has 3 aromatic heterocycles. The predicted molar refractivity (Wildman–Crippen MR) is 113 cm³/mol. The second-order valence-corrected chi connectivity index (χ2v) is 7.61. The standard InChI is InChI=1S/C21H24N8O/c1-28-10-6-16(7-11-28)29-14-15(13-23-29)24-21-22-9-5-19(26-21)17-3-2-4-18(25-17)20-8-12-30-27-20/h2-5,8-9,12,14,16,23H,6-7,10-11,13H2,1H3,(H,22,24,26). The molecule has 0 bridgehead atoms. The molecule has 9 heteroatoms. The first-order chi connectivity index (χ1) is 14.7. The van der Waals surface area contributed by atoms with Crippen molar-refractivity contribution in [1.82, 2.24) is 35.4 Å². The first-order valence-corrected chi connectivity index (χ1v) is 10.1. The lowest BCUT2D eigenvalue weighted by atomic mass is 10.1. The van der Waals surface area contributed by atoms with Crippen LogP contribution in [0.5, 0.6) is 0 Å². The zero-order chi connectivity index (χ0) is 20.3. The highest BCUT2D eigenvalue weighted by molar-refractivity contribution is 5.62. The van der Waals surface area contributed by atoms with Gasteiger partial charge in [0, 0.05) is 24.5 Å². The summed E-state index contributed by atoms with van der Waals surface area (Å²) in [5.41, 5.74) is 7.45. The highest BCUT2D eigenvalue weighted by atomic mass is 16.5. The van der Waals surface area contributed by atoms with Gasteiger partial charge in [0.15, 0.2) is 0 Å². The molecule has 0 atom stereocenters. The molecule has 2 N–H and O–H groups in total. The van der Waals surface area contributed by atoms with Gasteiger partial charge in [-0.1, -0.05) is 11.2 Å². The van der Waals surface area contributed by atoms with Gasteiger partial charge in [0.1, 0.15) is 12.0 Å². The third kappa shape index (κ3) is 4.03. The van der Waals surface area contributed by atoms with Crippen LogP contribution in [0.25, 0.3) is 22.8 Å². The summed E-state index contributed by atoms with van der Waals surface area (Å²) in [4.78, 5) is 16.1. The Morgan fingerprint density at radius 1 is 1.03 bits per heavy atom. The van der Waals surface area contributed by atoms with Crippen molar-refractivity contribution in [2.45, 2.75) is 18.9 Å². The highest BCUT2D eigenvalue weighted by Gasteiger charge is 2.24. The molecule has 1 fully saturated rings. The van der Waals surface area contributed by atoms with Crippen molar-refractivity contribution in [3.8, 4) is 22.8 Å². The van der Waals surface area contributed by atoms with Crippen LogP contribution in [0.4, 0.5) is 5.95 Å². The fourth-order valence-electron chi connectivity index (χ4n) is 3.79. The van der Waals surface area contributed by atoms with Crippen LogP contribution < -0.4 is 10.7 Å². The van der Waals surface area contributed by atoms with E-state index in [0.717, 1.165) is 55.3 Å². The number of hydrogen-bond acceptors (Lipinski definition) is 9. The average Bonchev–Trinajstić information content (AvgIpc) is 3.47. The van der Waals surface area contributed by atoms with Crippen molar-refractivity contribution in [1.29, 1.82) is 0 Å². The van der Waals surface area contributed by atoms with Crippen LogP contribution in [0.15, 0.2) is 59.2 Å². The number of likely N-dealkylation sites (tertiary alicyclic amines) is 1. The maximum Gasteiger partial charge on any atom is 0.227 e. The Morgan fingerprint density at radius 3 is 2.63 bits per heavy atom. The molecule has 0 unspecified atom stereocenters. The number of nitrogens with zero attached hydrogens (tertiary/aromatic N) is 6. The zero-order valence-corrected chi connectivity index (χ0v) is 16.8. The minimum Gasteiger partial charge on any atom is -0.364 e. The Morgan fingerprint density at radius 2 is 1.83 bits per heavy atom. The van der Waals surface area contributed by atoms with Gasteiger partial charge in [-0.25, -0.2) is 20.4 Å². The van der Waals surface area contributed by atoms with Crippen LogP contribution in [0.3, 0.4) is 0 Å². The largest absolute Gasteiger partial charge is 0.364 e. The lowest BCUT2D eigenvalue weighted by molar-refractivity contribution is 0.134. The molecule has 0 saturated carbocycles. The summed E-state index contributed by atoms with van der Waals surface area (Å²) in [6.07, 6.45) is 7.73. The Labute approximate surface area is 174 Å². The first kappa shape index (κ1) is 18.7. The van der Waals surface area contributed by atoms with Crippen molar-refractivity contribution in [3.05, 3.63) is 54.7 Å². The van der Waals surface area contributed by atoms with Crippen molar-refractivity contribution in [2.24, 2.45) is 0 Å². The van der Waals surface area contributed by atoms with Crippen molar-refractivity contribution < 1.29 is 4.52 Å². The van der Waals surface area contributed by atoms with Gasteiger partial charge in [-0.3, -0.25) is 0 Å². The second kappa shape index (κ2) is 8.21. The number of hydrogen-bond donors (Lipinski definition) is 2. The van der Waals surface area contributed by atoms with E-state index in [-0.39, 0.29) is 0 Å². The van der Waals surface area contributed by atoms with Gasteiger partial charge in [0.05, 0.1) is 29.3 Å². The monoisotopic (exact) mass is 404 g/mol. The molecule has 0 aromatic carbocycles. The molecule has 30 heavy (non-hydrogen) atoms. The van der Waals surface area contributed by atoms with Gasteiger partial charge in [0.2, 0.25) is 5.95 Å². The maximum atomic E-state index is 4.92. The van der Waals surface area contributed by atoms with Crippen molar-refractivity contribution in [3.63, 3.8) is 0 Å². The predicted octanol–water partition coefficient (Wildman–Crippen LogP) is 2.36. The molecule has 1 saturated heterocycles. The van der Waals surface area contributed by atoms with E-state index in [1.165, 1.54) is 6.26 Å². The van der Waals surface area contributed by atoms with E-state index in [0.29, 0.717) is 17.7 Å². The summed E-state index contributed by atoms with van der Waals surface area (Å²) in [5, 5.41) is 9.52. The minimum atomic E-state index is 0.524. The Balaban J connectivity index is 1.30. The van der Waals surface area contributed by atoms with Gasteiger partial charge in [-0.15, -0.1) is 0 Å². The molecule has 2 aliphatic heterocycles. The van der Waals surface area contributed by atoms with E-state index in [1.54, 1.807) is 12.3 Å². The summed E-state index contributed by atoms with van der Waals surface area (Å²) in [7, 11) is 2.18. The zero-order valence-electron chi connectivity index (χ0n) is 16.8. The molecule has 0 radical (unpaired) electrons. The molecule has 0 amide bonds. The van der Waals surface area contributed by atoms with Gasteiger partial charge >= 0.3 is 0 Å². The van der Waals surface area contributed by atoms with Crippen LogP contribution in [-0.4, -0.2) is 62.7 Å². The summed E-state index contributed by atoms with van der Waals surface area (Å²) < 4.78 is 4.92. The normalized spacial score (nSPS) is 17.9. The number of aromatic nitrogens is 4. The molecular weight excluding hydrogens is 380 g/mol. The summed E-state index contributed by atoms with van der Waals surface area (Å²) in [6.45, 7) is 3.00. The average molecular weight is 404 g/mol. The first-order valence-electron chi connectivity index (χ1n) is 10.1. The van der Waals surface area contributed by atoms with E-state index >= 15 is 0 Å². The van der Waals surface area contributed by atoms with E-state index < -0.39 is 0 Å². The third-order valence-corrected chi connectivity index (χ3v) is 5.47. The fraction of sp³-hybridized carbons (Fsp3) is 0.333. The SMILES string of the molecule is CN1CCC(N2C=C(Nc3nccc(-c4cccc(-c5ccon5)n4)n3)CN2)CC1. The summed E-state index contributed by atoms with van der Waals surface area (Å²) >= 11 is 0. The number of anilines is 1. The van der Waals surface area contributed by atoms with Gasteiger partial charge in [-0.2, -0.15) is 0 Å². The number of rotatable bonds is 5. The Hall–Kier alpha value is -3.30. The van der Waals surface area contributed by atoms with Crippen LogP contribution in [0, 0.1) is 0 Å². The molecule has 3 aromatic rings. The van der Waals surface area contributed by atoms with Crippen molar-refractivity contribution >= 4 is 5.95 Å². The molecule has 0 spiro atoms. The van der Waals surface area contributed by atoms with E-state index in [4.69, 9.17) is 4.52 Å². The molecule has 5 heterocycles. The maximum absolute atomic E-state index is 4.92. The second-order valence-electron chi connectivity index (χ2n) is 7.61. The van der Waals surface area contributed by atoms with E-state index in [1.807, 2.05) is 24.3 Å². The van der Waals surface area contributed by atoms with Crippen LogP contribution in [-0.2, 0) is 0 Å². The third-order valence-electron chi connectivity index (χ3n) is 5.47. The van der Waals surface area contributed by atoms with E-state index in [9.17, 15) is 0 Å². The molecule has 2 aliphatic rings. The smallest absolute Gasteiger partial charge is 0.227 e. The highest BCUT2D eigenvalue weighted by Crippen LogP contribution is 2.22. The summed E-state index contributed by atoms with van der Waals surface area (Å²) in [5.74, 6) is 0.555. The van der Waals surface area contributed by atoms with Crippen LogP contribution in [0.2, 0.25) is 0 Å². The van der Waals surface area contributed by atoms with Gasteiger partial charge in [0.25, 0.3) is 0 Å². The summed E-state index contributed by atoms with van der Waals surface area (Å²) in [6, 6.07) is 9.92. The fourth-order valence-corrected chi connectivity index (χ4v) is 3.79. The molecule has 0 aliphatic carbocycles. The quantitative estimate of drug-likeness (QED) is 0.664.